The number of thiol groups is 1. The first-order valence-corrected chi connectivity index (χ1v) is 7.09. The maximum atomic E-state index is 11.7. The minimum Gasteiger partial charge on any atom is -0.336 e. The summed E-state index contributed by atoms with van der Waals surface area (Å²) in [5.41, 5.74) is 1.36. The molecule has 2 atom stereocenters. The van der Waals surface area contributed by atoms with Crippen LogP contribution in [0.4, 0.5) is 0 Å². The number of carbonyl (C=O) groups excluding carboxylic acids is 1. The summed E-state index contributed by atoms with van der Waals surface area (Å²) in [5, 5.41) is 0. The molecule has 96 valence electrons. The van der Waals surface area contributed by atoms with E-state index in [2.05, 4.69) is 41.8 Å². The Hall–Kier alpha value is -1.00. The van der Waals surface area contributed by atoms with Gasteiger partial charge in [-0.25, -0.2) is 0 Å². The van der Waals surface area contributed by atoms with Gasteiger partial charge in [-0.2, -0.15) is 12.6 Å². The highest BCUT2D eigenvalue weighted by Gasteiger charge is 2.44. The summed E-state index contributed by atoms with van der Waals surface area (Å²) in [6.07, 6.45) is 1.13. The SMILES string of the molecule is O=C(CS)N1CC2CC1CN2Cc1ccccc1. The Morgan fingerprint density at radius 3 is 2.61 bits per heavy atom. The van der Waals surface area contributed by atoms with Crippen LogP contribution in [0.25, 0.3) is 0 Å². The maximum Gasteiger partial charge on any atom is 0.232 e. The molecule has 18 heavy (non-hydrogen) atoms. The van der Waals surface area contributed by atoms with Crippen molar-refractivity contribution in [2.24, 2.45) is 0 Å². The highest BCUT2D eigenvalue weighted by Crippen LogP contribution is 2.31. The number of piperazine rings is 1. The van der Waals surface area contributed by atoms with E-state index in [4.69, 9.17) is 0 Å². The second-order valence-electron chi connectivity index (χ2n) is 5.16. The molecule has 0 saturated carbocycles. The van der Waals surface area contributed by atoms with Crippen LogP contribution in [-0.4, -0.2) is 46.6 Å². The molecule has 2 aliphatic rings. The van der Waals surface area contributed by atoms with Crippen molar-refractivity contribution in [2.45, 2.75) is 25.0 Å². The number of fused-ring (bicyclic) bond motifs is 2. The lowest BCUT2D eigenvalue weighted by Gasteiger charge is -2.34. The third kappa shape index (κ3) is 2.15. The zero-order valence-corrected chi connectivity index (χ0v) is 11.2. The van der Waals surface area contributed by atoms with Gasteiger partial charge in [-0.15, -0.1) is 0 Å². The number of benzene rings is 1. The smallest absolute Gasteiger partial charge is 0.232 e. The molecule has 0 N–H and O–H groups in total. The van der Waals surface area contributed by atoms with Crippen molar-refractivity contribution < 1.29 is 4.79 Å². The van der Waals surface area contributed by atoms with Crippen LogP contribution in [0.3, 0.4) is 0 Å². The lowest BCUT2D eigenvalue weighted by atomic mass is 10.2. The number of hydrogen-bond acceptors (Lipinski definition) is 3. The van der Waals surface area contributed by atoms with E-state index in [1.54, 1.807) is 0 Å². The van der Waals surface area contributed by atoms with E-state index in [1.165, 1.54) is 5.56 Å². The van der Waals surface area contributed by atoms with E-state index in [9.17, 15) is 4.79 Å². The van der Waals surface area contributed by atoms with Crippen molar-refractivity contribution in [3.05, 3.63) is 35.9 Å². The second-order valence-corrected chi connectivity index (χ2v) is 5.48. The Bertz CT molecular complexity index is 437. The van der Waals surface area contributed by atoms with Crippen molar-refractivity contribution in [1.29, 1.82) is 0 Å². The Balaban J connectivity index is 1.62. The fraction of sp³-hybridized carbons (Fsp3) is 0.500. The van der Waals surface area contributed by atoms with Gasteiger partial charge in [-0.1, -0.05) is 30.3 Å². The lowest BCUT2D eigenvalue weighted by molar-refractivity contribution is -0.130. The summed E-state index contributed by atoms with van der Waals surface area (Å²) in [7, 11) is 0. The highest BCUT2D eigenvalue weighted by atomic mass is 32.1. The number of likely N-dealkylation sites (tertiary alicyclic amines) is 2. The molecule has 1 aromatic carbocycles. The highest BCUT2D eigenvalue weighted by molar-refractivity contribution is 7.81. The van der Waals surface area contributed by atoms with Crippen LogP contribution in [0, 0.1) is 0 Å². The van der Waals surface area contributed by atoms with Gasteiger partial charge in [-0.05, 0) is 12.0 Å². The van der Waals surface area contributed by atoms with Crippen molar-refractivity contribution in [3.8, 4) is 0 Å². The predicted molar refractivity (Wildman–Crippen MR) is 74.6 cm³/mol. The molecular weight excluding hydrogens is 244 g/mol. The van der Waals surface area contributed by atoms with Crippen molar-refractivity contribution in [2.75, 3.05) is 18.8 Å². The van der Waals surface area contributed by atoms with Crippen molar-refractivity contribution in [3.63, 3.8) is 0 Å². The largest absolute Gasteiger partial charge is 0.336 e. The molecule has 4 heteroatoms. The number of hydrogen-bond donors (Lipinski definition) is 1. The quantitative estimate of drug-likeness (QED) is 0.833. The van der Waals surface area contributed by atoms with Gasteiger partial charge in [0.2, 0.25) is 5.91 Å². The Labute approximate surface area is 113 Å². The lowest BCUT2D eigenvalue weighted by Crippen LogP contribution is -2.48. The average molecular weight is 262 g/mol. The zero-order valence-electron chi connectivity index (χ0n) is 10.3. The van der Waals surface area contributed by atoms with Crippen molar-refractivity contribution >= 4 is 18.5 Å². The van der Waals surface area contributed by atoms with Gasteiger partial charge >= 0.3 is 0 Å². The monoisotopic (exact) mass is 262 g/mol. The van der Waals surface area contributed by atoms with Crippen LogP contribution in [0.5, 0.6) is 0 Å². The molecule has 2 unspecified atom stereocenters. The predicted octanol–water partition coefficient (Wildman–Crippen LogP) is 1.40. The molecule has 0 aliphatic carbocycles. The molecule has 2 bridgehead atoms. The number of carbonyl (C=O) groups is 1. The van der Waals surface area contributed by atoms with Gasteiger partial charge in [0.25, 0.3) is 0 Å². The minimum absolute atomic E-state index is 0.185. The third-order valence-electron chi connectivity index (χ3n) is 4.04. The van der Waals surface area contributed by atoms with Gasteiger partial charge < -0.3 is 4.90 Å². The maximum absolute atomic E-state index is 11.7. The van der Waals surface area contributed by atoms with Gasteiger partial charge in [0, 0.05) is 31.7 Å². The first-order valence-electron chi connectivity index (χ1n) is 6.46. The fourth-order valence-electron chi connectivity index (χ4n) is 3.16. The van der Waals surface area contributed by atoms with Crippen LogP contribution in [-0.2, 0) is 11.3 Å². The minimum atomic E-state index is 0.185. The normalized spacial score (nSPS) is 26.8. The molecule has 2 heterocycles. The van der Waals surface area contributed by atoms with E-state index in [-0.39, 0.29) is 5.91 Å². The number of amides is 1. The van der Waals surface area contributed by atoms with Crippen LogP contribution in [0.2, 0.25) is 0 Å². The van der Waals surface area contributed by atoms with Crippen LogP contribution >= 0.6 is 12.6 Å². The van der Waals surface area contributed by atoms with Crippen LogP contribution in [0.15, 0.2) is 30.3 Å². The molecule has 0 spiro atoms. The van der Waals surface area contributed by atoms with E-state index in [0.717, 1.165) is 26.1 Å². The summed E-state index contributed by atoms with van der Waals surface area (Å²) in [4.78, 5) is 16.2. The summed E-state index contributed by atoms with van der Waals surface area (Å²) in [5.74, 6) is 0.521. The molecule has 0 aromatic heterocycles. The Morgan fingerprint density at radius 1 is 1.22 bits per heavy atom. The Morgan fingerprint density at radius 2 is 2.00 bits per heavy atom. The molecule has 3 nitrogen and oxygen atoms in total. The number of nitrogens with zero attached hydrogens (tertiary/aromatic N) is 2. The van der Waals surface area contributed by atoms with E-state index in [1.807, 2.05) is 11.0 Å². The second kappa shape index (κ2) is 4.94. The van der Waals surface area contributed by atoms with Gasteiger partial charge in [0.05, 0.1) is 5.75 Å². The molecule has 3 rings (SSSR count). The Kier molecular flexibility index (Phi) is 3.31. The molecule has 2 fully saturated rings. The number of rotatable bonds is 3. The topological polar surface area (TPSA) is 23.6 Å². The van der Waals surface area contributed by atoms with Gasteiger partial charge in [-0.3, -0.25) is 9.69 Å². The van der Waals surface area contributed by atoms with E-state index < -0.39 is 0 Å². The molecule has 0 radical (unpaired) electrons. The summed E-state index contributed by atoms with van der Waals surface area (Å²) in [6.45, 7) is 2.90. The summed E-state index contributed by atoms with van der Waals surface area (Å²) in [6, 6.07) is 11.5. The molecule has 1 aromatic rings. The van der Waals surface area contributed by atoms with E-state index in [0.29, 0.717) is 17.8 Å². The third-order valence-corrected chi connectivity index (χ3v) is 4.31. The average Bonchev–Trinajstić information content (AvgIpc) is 2.98. The summed E-state index contributed by atoms with van der Waals surface area (Å²) < 4.78 is 0. The standard InChI is InChI=1S/C14H18N2OS/c17-14(10-18)16-9-12-6-13(16)8-15(12)7-11-4-2-1-3-5-11/h1-5,12-13,18H,6-10H2. The molecule has 2 aliphatic heterocycles. The summed E-state index contributed by atoms with van der Waals surface area (Å²) >= 11 is 4.08. The molecule has 2 saturated heterocycles. The zero-order chi connectivity index (χ0) is 12.5. The van der Waals surface area contributed by atoms with Crippen LogP contribution < -0.4 is 0 Å². The van der Waals surface area contributed by atoms with Crippen molar-refractivity contribution in [1.82, 2.24) is 9.80 Å². The van der Waals surface area contributed by atoms with E-state index >= 15 is 0 Å². The molecule has 1 amide bonds. The van der Waals surface area contributed by atoms with Gasteiger partial charge in [0.1, 0.15) is 0 Å². The fourth-order valence-corrected chi connectivity index (χ4v) is 3.34. The first-order chi connectivity index (χ1) is 8.78. The molecular formula is C14H18N2OS. The van der Waals surface area contributed by atoms with Gasteiger partial charge in [0.15, 0.2) is 0 Å². The first kappa shape index (κ1) is 12.1. The van der Waals surface area contributed by atoms with Crippen LogP contribution in [0.1, 0.15) is 12.0 Å².